The van der Waals surface area contributed by atoms with Crippen LogP contribution in [0, 0.1) is 10.1 Å². The van der Waals surface area contributed by atoms with Gasteiger partial charge in [-0.15, -0.1) is 0 Å². The maximum Gasteiger partial charge on any atom is 0.269 e. The normalized spacial score (nSPS) is 13.4. The zero-order valence-corrected chi connectivity index (χ0v) is 22.8. The molecule has 38 heavy (non-hydrogen) atoms. The van der Waals surface area contributed by atoms with Gasteiger partial charge in [-0.3, -0.25) is 15.1 Å². The number of nitrogens with zero attached hydrogens (tertiary/aromatic N) is 2. The van der Waals surface area contributed by atoms with Crippen molar-refractivity contribution in [2.24, 2.45) is 0 Å². The van der Waals surface area contributed by atoms with Crippen LogP contribution < -0.4 is 15.7 Å². The van der Waals surface area contributed by atoms with E-state index in [0.717, 1.165) is 21.8 Å². The average Bonchev–Trinajstić information content (AvgIpc) is 2.93. The van der Waals surface area contributed by atoms with E-state index < -0.39 is 8.07 Å². The Balaban J connectivity index is 1.75. The van der Waals surface area contributed by atoms with Crippen molar-refractivity contribution in [2.75, 3.05) is 0 Å². The number of fused-ring (bicyclic) bond motifs is 1. The van der Waals surface area contributed by atoms with Crippen LogP contribution in [0.25, 0.3) is 22.9 Å². The molecule has 5 rings (SSSR count). The monoisotopic (exact) mass is 514 g/mol. The Morgan fingerprint density at radius 3 is 2.08 bits per heavy atom. The fourth-order valence-corrected chi connectivity index (χ4v) is 11.1. The predicted octanol–water partition coefficient (Wildman–Crippen LogP) is 6.58. The standard InChI is InChI=1S/C33H30N2O2Si/c1-33(2,3)38(30-14-5-4-6-15-30,32-23-27-12-7-8-13-28(27)24-34-32)31-16-10-9-11-26(31)20-17-25-18-21-29(22-19-25)35(36)37/h4-24H,1-3H3/b20-17+/t38-/m1/s1. The van der Waals surface area contributed by atoms with Crippen molar-refractivity contribution in [3.63, 3.8) is 0 Å². The Morgan fingerprint density at radius 2 is 1.39 bits per heavy atom. The van der Waals surface area contributed by atoms with Crippen LogP contribution in [0.5, 0.6) is 0 Å². The summed E-state index contributed by atoms with van der Waals surface area (Å²) in [5.41, 5.74) is 2.14. The predicted molar refractivity (Wildman–Crippen MR) is 161 cm³/mol. The van der Waals surface area contributed by atoms with Crippen molar-refractivity contribution in [2.45, 2.75) is 25.8 Å². The van der Waals surface area contributed by atoms with E-state index in [1.807, 2.05) is 18.3 Å². The molecule has 1 aromatic heterocycles. The lowest BCUT2D eigenvalue weighted by atomic mass is 10.1. The summed E-state index contributed by atoms with van der Waals surface area (Å²) < 4.78 is 0. The SMILES string of the molecule is CC(C)(C)[Si@@](c1ccccc1)(c1cc2ccccc2cn1)c1ccccc1/C=C/c1ccc([N+](=O)[O-])cc1. The quantitative estimate of drug-likeness (QED) is 0.111. The van der Waals surface area contributed by atoms with Gasteiger partial charge in [0.2, 0.25) is 0 Å². The molecule has 1 atom stereocenters. The summed E-state index contributed by atoms with van der Waals surface area (Å²) in [6.07, 6.45) is 6.17. The second kappa shape index (κ2) is 10.2. The first-order valence-electron chi connectivity index (χ1n) is 12.7. The lowest BCUT2D eigenvalue weighted by molar-refractivity contribution is -0.384. The van der Waals surface area contributed by atoms with Crippen LogP contribution in [-0.2, 0) is 0 Å². The summed E-state index contributed by atoms with van der Waals surface area (Å²) in [6, 6.07) is 36.8. The lowest BCUT2D eigenvalue weighted by Gasteiger charge is -2.44. The summed E-state index contributed by atoms with van der Waals surface area (Å²) in [5.74, 6) is 0. The van der Waals surface area contributed by atoms with Crippen molar-refractivity contribution < 1.29 is 4.92 Å². The summed E-state index contributed by atoms with van der Waals surface area (Å²) >= 11 is 0. The summed E-state index contributed by atoms with van der Waals surface area (Å²) in [6.45, 7) is 7.00. The number of hydrogen-bond donors (Lipinski definition) is 0. The molecule has 0 aliphatic rings. The van der Waals surface area contributed by atoms with Gasteiger partial charge in [0.1, 0.15) is 0 Å². The highest BCUT2D eigenvalue weighted by Crippen LogP contribution is 2.36. The van der Waals surface area contributed by atoms with E-state index in [9.17, 15) is 10.1 Å². The highest BCUT2D eigenvalue weighted by atomic mass is 28.3. The number of nitro benzene ring substituents is 1. The topological polar surface area (TPSA) is 56.0 Å². The fourth-order valence-electron chi connectivity index (χ4n) is 5.52. The molecule has 0 spiro atoms. The molecule has 0 unspecified atom stereocenters. The van der Waals surface area contributed by atoms with Gasteiger partial charge >= 0.3 is 0 Å². The van der Waals surface area contributed by atoms with Crippen LogP contribution in [0.1, 0.15) is 31.9 Å². The van der Waals surface area contributed by atoms with Crippen LogP contribution in [0.15, 0.2) is 115 Å². The third-order valence-electron chi connectivity index (χ3n) is 7.27. The molecular formula is C33H30N2O2Si. The van der Waals surface area contributed by atoms with Crippen LogP contribution in [-0.4, -0.2) is 18.0 Å². The van der Waals surface area contributed by atoms with Crippen molar-refractivity contribution in [3.8, 4) is 0 Å². The van der Waals surface area contributed by atoms with Gasteiger partial charge in [-0.2, -0.15) is 0 Å². The first-order chi connectivity index (χ1) is 18.3. The molecule has 0 saturated heterocycles. The minimum atomic E-state index is -2.70. The zero-order valence-electron chi connectivity index (χ0n) is 21.8. The smallest absolute Gasteiger partial charge is 0.265 e. The molecule has 1 heterocycles. The Kier molecular flexibility index (Phi) is 6.78. The summed E-state index contributed by atoms with van der Waals surface area (Å²) in [5, 5.41) is 17.0. The minimum Gasteiger partial charge on any atom is -0.265 e. The highest BCUT2D eigenvalue weighted by molar-refractivity contribution is 7.13. The van der Waals surface area contributed by atoms with E-state index in [0.29, 0.717) is 0 Å². The van der Waals surface area contributed by atoms with E-state index in [4.69, 9.17) is 4.98 Å². The van der Waals surface area contributed by atoms with Gasteiger partial charge in [0.05, 0.1) is 4.92 Å². The van der Waals surface area contributed by atoms with Crippen molar-refractivity contribution >= 4 is 52.4 Å². The molecule has 0 N–H and O–H groups in total. The number of nitro groups is 1. The van der Waals surface area contributed by atoms with Gasteiger partial charge < -0.3 is 0 Å². The van der Waals surface area contributed by atoms with E-state index in [1.165, 1.54) is 15.8 Å². The molecule has 4 nitrogen and oxygen atoms in total. The van der Waals surface area contributed by atoms with Crippen molar-refractivity contribution in [1.82, 2.24) is 4.98 Å². The van der Waals surface area contributed by atoms with Crippen molar-refractivity contribution in [3.05, 3.63) is 137 Å². The molecule has 0 aliphatic heterocycles. The minimum absolute atomic E-state index is 0.0909. The number of pyridine rings is 1. The molecule has 0 radical (unpaired) electrons. The molecule has 0 amide bonds. The molecule has 4 aromatic carbocycles. The van der Waals surface area contributed by atoms with Gasteiger partial charge in [0.25, 0.3) is 5.69 Å². The number of rotatable bonds is 6. The molecule has 0 aliphatic carbocycles. The first-order valence-corrected chi connectivity index (χ1v) is 14.7. The van der Waals surface area contributed by atoms with Crippen molar-refractivity contribution in [1.29, 1.82) is 0 Å². The third-order valence-corrected chi connectivity index (χ3v) is 13.0. The first kappa shape index (κ1) is 25.3. The summed E-state index contributed by atoms with van der Waals surface area (Å²) in [4.78, 5) is 15.9. The van der Waals surface area contributed by atoms with Crippen LogP contribution in [0.2, 0.25) is 5.04 Å². The second-order valence-corrected chi connectivity index (χ2v) is 15.2. The molecule has 0 bridgehead atoms. The van der Waals surface area contributed by atoms with E-state index in [1.54, 1.807) is 24.3 Å². The highest BCUT2D eigenvalue weighted by Gasteiger charge is 2.51. The van der Waals surface area contributed by atoms with Gasteiger partial charge in [-0.25, -0.2) is 0 Å². The number of benzene rings is 4. The van der Waals surface area contributed by atoms with Gasteiger partial charge in [-0.05, 0) is 55.5 Å². The molecule has 5 heteroatoms. The number of hydrogen-bond acceptors (Lipinski definition) is 3. The maximum atomic E-state index is 11.1. The Hall–Kier alpha value is -4.35. The van der Waals surface area contributed by atoms with Gasteiger partial charge in [0, 0.05) is 23.6 Å². The zero-order chi connectivity index (χ0) is 26.8. The van der Waals surface area contributed by atoms with Crippen LogP contribution in [0.3, 0.4) is 0 Å². The molecule has 188 valence electrons. The Bertz CT molecular complexity index is 1620. The number of aromatic nitrogens is 1. The summed E-state index contributed by atoms with van der Waals surface area (Å²) in [7, 11) is -2.70. The largest absolute Gasteiger partial charge is 0.269 e. The lowest BCUT2D eigenvalue weighted by Crippen LogP contribution is -2.73. The van der Waals surface area contributed by atoms with Crippen LogP contribution in [0.4, 0.5) is 5.69 Å². The maximum absolute atomic E-state index is 11.1. The molecule has 0 saturated carbocycles. The van der Waals surface area contributed by atoms with E-state index in [-0.39, 0.29) is 15.6 Å². The Labute approximate surface area is 224 Å². The van der Waals surface area contributed by atoms with Gasteiger partial charge in [0.15, 0.2) is 8.07 Å². The Morgan fingerprint density at radius 1 is 0.763 bits per heavy atom. The van der Waals surface area contributed by atoms with E-state index in [2.05, 4.69) is 106 Å². The fraction of sp³-hybridized carbons (Fsp3) is 0.121. The van der Waals surface area contributed by atoms with Gasteiger partial charge in [-0.1, -0.05) is 112 Å². The van der Waals surface area contributed by atoms with Crippen LogP contribution >= 0.6 is 0 Å². The van der Waals surface area contributed by atoms with E-state index >= 15 is 0 Å². The molecule has 0 fully saturated rings. The second-order valence-electron chi connectivity index (χ2n) is 10.6. The average molecular weight is 515 g/mol. The third kappa shape index (κ3) is 4.57. The molecule has 5 aromatic rings. The number of non-ortho nitro benzene ring substituents is 1. The molecular weight excluding hydrogens is 484 g/mol.